The largest absolute Gasteiger partial charge is 0.417 e. The molecule has 0 bridgehead atoms. The molecule has 2 amide bonds. The second-order valence-corrected chi connectivity index (χ2v) is 9.86. The maximum Gasteiger partial charge on any atom is 0.358 e. The van der Waals surface area contributed by atoms with Crippen molar-refractivity contribution in [1.29, 1.82) is 0 Å². The number of carbonyl (C=O) groups excluding carboxylic acids is 4. The SMILES string of the molecule is C=CC1=C(C(=O)OC2OC(=O)c3ccccc32)N2C(=O)C(NC(=O)/C(=N\OC)c3csc(N)n3)[C@H]2SC1. The molecule has 5 rings (SSSR count). The van der Waals surface area contributed by atoms with Gasteiger partial charge < -0.3 is 25.4 Å². The van der Waals surface area contributed by atoms with Crippen LogP contribution < -0.4 is 11.1 Å². The van der Waals surface area contributed by atoms with Crippen molar-refractivity contribution < 1.29 is 33.5 Å². The normalized spacial score (nSPS) is 22.5. The van der Waals surface area contributed by atoms with Gasteiger partial charge in [0.1, 0.15) is 29.9 Å². The molecule has 0 radical (unpaired) electrons. The molecule has 190 valence electrons. The summed E-state index contributed by atoms with van der Waals surface area (Å²) >= 11 is 2.46. The second kappa shape index (κ2) is 9.71. The predicted octanol–water partition coefficient (Wildman–Crippen LogP) is 1.33. The first-order valence-corrected chi connectivity index (χ1v) is 12.7. The monoisotopic (exact) mass is 541 g/mol. The van der Waals surface area contributed by atoms with Gasteiger partial charge in [0.05, 0.1) is 5.56 Å². The zero-order chi connectivity index (χ0) is 26.3. The number of anilines is 1. The van der Waals surface area contributed by atoms with Gasteiger partial charge in [0.2, 0.25) is 0 Å². The minimum Gasteiger partial charge on any atom is -0.417 e. The summed E-state index contributed by atoms with van der Waals surface area (Å²) in [6, 6.07) is 5.60. The van der Waals surface area contributed by atoms with E-state index < -0.39 is 41.5 Å². The number of thiazole rings is 1. The Bertz CT molecular complexity index is 1400. The average molecular weight is 542 g/mol. The number of esters is 2. The molecule has 3 atom stereocenters. The van der Waals surface area contributed by atoms with Gasteiger partial charge in [-0.25, -0.2) is 14.6 Å². The van der Waals surface area contributed by atoms with E-state index in [0.717, 1.165) is 11.3 Å². The first-order chi connectivity index (χ1) is 17.8. The Morgan fingerprint density at radius 2 is 2.14 bits per heavy atom. The summed E-state index contributed by atoms with van der Waals surface area (Å²) in [5.74, 6) is -2.36. The molecule has 1 aromatic heterocycles. The highest BCUT2D eigenvalue weighted by Gasteiger charge is 2.55. The number of amides is 2. The number of nitrogens with one attached hydrogen (secondary N) is 1. The van der Waals surface area contributed by atoms with E-state index in [4.69, 9.17) is 20.0 Å². The number of oxime groups is 1. The van der Waals surface area contributed by atoms with Crippen LogP contribution in [-0.2, 0) is 28.7 Å². The summed E-state index contributed by atoms with van der Waals surface area (Å²) in [7, 11) is 1.27. The van der Waals surface area contributed by atoms with Gasteiger partial charge in [-0.1, -0.05) is 36.0 Å². The van der Waals surface area contributed by atoms with Crippen LogP contribution in [-0.4, -0.2) is 63.6 Å². The third-order valence-electron chi connectivity index (χ3n) is 5.75. The zero-order valence-corrected chi connectivity index (χ0v) is 20.8. The minimum absolute atomic E-state index is 0.0206. The van der Waals surface area contributed by atoms with Crippen LogP contribution in [0, 0.1) is 0 Å². The van der Waals surface area contributed by atoms with Crippen molar-refractivity contribution in [1.82, 2.24) is 15.2 Å². The summed E-state index contributed by atoms with van der Waals surface area (Å²) < 4.78 is 10.7. The topological polar surface area (TPSA) is 163 Å². The van der Waals surface area contributed by atoms with Crippen LogP contribution in [0.1, 0.15) is 27.9 Å². The molecule has 3 aliphatic heterocycles. The molecule has 0 saturated carbocycles. The molecule has 2 unspecified atom stereocenters. The Balaban J connectivity index is 1.34. The highest BCUT2D eigenvalue weighted by molar-refractivity contribution is 8.00. The van der Waals surface area contributed by atoms with Crippen LogP contribution in [0.3, 0.4) is 0 Å². The number of fused-ring (bicyclic) bond motifs is 2. The minimum atomic E-state index is -1.24. The highest BCUT2D eigenvalue weighted by atomic mass is 32.2. The molecule has 3 N–H and O–H groups in total. The van der Waals surface area contributed by atoms with Gasteiger partial charge in [-0.15, -0.1) is 23.1 Å². The quantitative estimate of drug-likeness (QED) is 0.226. The molecule has 2 aromatic rings. The molecule has 0 aliphatic carbocycles. The van der Waals surface area contributed by atoms with Gasteiger partial charge >= 0.3 is 11.9 Å². The average Bonchev–Trinajstić information content (AvgIpc) is 3.47. The Morgan fingerprint density at radius 3 is 2.84 bits per heavy atom. The molecule has 1 fully saturated rings. The lowest BCUT2D eigenvalue weighted by Gasteiger charge is -2.49. The van der Waals surface area contributed by atoms with E-state index in [1.807, 2.05) is 0 Å². The molecule has 12 nitrogen and oxygen atoms in total. The first-order valence-electron chi connectivity index (χ1n) is 10.8. The number of nitrogens with zero attached hydrogens (tertiary/aromatic N) is 3. The number of nitrogens with two attached hydrogens (primary N) is 1. The number of allylic oxidation sites excluding steroid dienone is 1. The van der Waals surface area contributed by atoms with Crippen LogP contribution in [0.2, 0.25) is 0 Å². The maximum absolute atomic E-state index is 13.2. The molecule has 0 spiro atoms. The van der Waals surface area contributed by atoms with Crippen molar-refractivity contribution in [2.45, 2.75) is 17.7 Å². The van der Waals surface area contributed by atoms with Crippen molar-refractivity contribution in [3.8, 4) is 0 Å². The van der Waals surface area contributed by atoms with E-state index in [2.05, 4.69) is 22.0 Å². The molecule has 4 heterocycles. The number of rotatable bonds is 7. The molecule has 1 aromatic carbocycles. The molecule has 1 saturated heterocycles. The van der Waals surface area contributed by atoms with E-state index in [0.29, 0.717) is 22.5 Å². The van der Waals surface area contributed by atoms with Crippen molar-refractivity contribution in [3.05, 3.63) is 70.4 Å². The number of β-lactam (4-membered cyclic amide) rings is 1. The Kier molecular flexibility index (Phi) is 6.43. The van der Waals surface area contributed by atoms with Crippen molar-refractivity contribution in [2.75, 3.05) is 18.6 Å². The Morgan fingerprint density at radius 1 is 1.35 bits per heavy atom. The van der Waals surface area contributed by atoms with E-state index in [1.54, 1.807) is 24.3 Å². The first kappa shape index (κ1) is 24.5. The van der Waals surface area contributed by atoms with Crippen LogP contribution in [0.15, 0.2) is 58.7 Å². The van der Waals surface area contributed by atoms with Gasteiger partial charge in [0.25, 0.3) is 18.1 Å². The second-order valence-electron chi connectivity index (χ2n) is 7.86. The summed E-state index contributed by atoms with van der Waals surface area (Å²) in [5, 5.41) is 7.54. The number of aromatic nitrogens is 1. The number of hydrogen-bond donors (Lipinski definition) is 2. The molecule has 37 heavy (non-hydrogen) atoms. The van der Waals surface area contributed by atoms with Gasteiger partial charge in [0.15, 0.2) is 10.8 Å². The van der Waals surface area contributed by atoms with Crippen molar-refractivity contribution in [2.24, 2.45) is 5.16 Å². The number of nitrogen functional groups attached to an aromatic ring is 1. The van der Waals surface area contributed by atoms with Crippen LogP contribution in [0.25, 0.3) is 0 Å². The zero-order valence-electron chi connectivity index (χ0n) is 19.2. The van der Waals surface area contributed by atoms with Gasteiger partial charge in [-0.2, -0.15) is 0 Å². The van der Waals surface area contributed by atoms with E-state index in [1.165, 1.54) is 35.2 Å². The molecule has 14 heteroatoms. The lowest BCUT2D eigenvalue weighted by atomic mass is 10.0. The fourth-order valence-electron chi connectivity index (χ4n) is 4.04. The third-order valence-corrected chi connectivity index (χ3v) is 7.73. The molecular formula is C23H19N5O7S2. The molecule has 3 aliphatic rings. The summed E-state index contributed by atoms with van der Waals surface area (Å²) in [6.45, 7) is 3.73. The highest BCUT2D eigenvalue weighted by Crippen LogP contribution is 2.42. The third kappa shape index (κ3) is 4.23. The fourth-order valence-corrected chi connectivity index (χ4v) is 5.93. The summed E-state index contributed by atoms with van der Waals surface area (Å²) in [5.41, 5.74) is 6.87. The van der Waals surface area contributed by atoms with Gasteiger partial charge in [0, 0.05) is 16.7 Å². The smallest absolute Gasteiger partial charge is 0.358 e. The lowest BCUT2D eigenvalue weighted by Crippen LogP contribution is -2.71. The van der Waals surface area contributed by atoms with Gasteiger partial charge in [-0.05, 0) is 11.6 Å². The number of benzene rings is 1. The lowest BCUT2D eigenvalue weighted by molar-refractivity contribution is -0.168. The predicted molar refractivity (Wildman–Crippen MR) is 133 cm³/mol. The number of hydrogen-bond acceptors (Lipinski definition) is 12. The van der Waals surface area contributed by atoms with Crippen LogP contribution >= 0.6 is 23.1 Å². The number of carbonyl (C=O) groups is 4. The number of thioether (sulfide) groups is 1. The van der Waals surface area contributed by atoms with E-state index in [9.17, 15) is 19.2 Å². The summed E-state index contributed by atoms with van der Waals surface area (Å²) in [4.78, 5) is 61.5. The van der Waals surface area contributed by atoms with E-state index >= 15 is 0 Å². The standard InChI is InChI=1S/C23H19N5O7S2/c1-3-10-8-36-19-15(26-17(29)14(27-33-2)13-9-37-23(24)25-13)18(30)28(19)16(10)21(32)35-22-12-7-5-4-6-11(12)20(31)34-22/h3-7,9,15,19,22H,1,8H2,2H3,(H2,24,25)(H,26,29)/b27-14-/t15?,19-,22?/m1/s1. The number of cyclic esters (lactones) is 1. The van der Waals surface area contributed by atoms with Crippen LogP contribution in [0.5, 0.6) is 0 Å². The Hall–Kier alpha value is -4.17. The van der Waals surface area contributed by atoms with Crippen molar-refractivity contribution >= 4 is 57.7 Å². The van der Waals surface area contributed by atoms with Crippen molar-refractivity contribution in [3.63, 3.8) is 0 Å². The van der Waals surface area contributed by atoms with E-state index in [-0.39, 0.29) is 22.2 Å². The Labute approximate surface area is 218 Å². The van der Waals surface area contributed by atoms with Crippen LogP contribution in [0.4, 0.5) is 5.13 Å². The number of ether oxygens (including phenoxy) is 2. The maximum atomic E-state index is 13.2. The fraction of sp³-hybridized carbons (Fsp3) is 0.217. The summed E-state index contributed by atoms with van der Waals surface area (Å²) in [6.07, 6.45) is 0.219. The molecular weight excluding hydrogens is 522 g/mol. The van der Waals surface area contributed by atoms with Gasteiger partial charge in [-0.3, -0.25) is 14.5 Å².